The van der Waals surface area contributed by atoms with E-state index in [2.05, 4.69) is 6.58 Å². The van der Waals surface area contributed by atoms with Gasteiger partial charge in [0, 0.05) is 19.6 Å². The van der Waals surface area contributed by atoms with Gasteiger partial charge in [0.15, 0.2) is 0 Å². The van der Waals surface area contributed by atoms with Gasteiger partial charge in [-0.1, -0.05) is 24.3 Å². The van der Waals surface area contributed by atoms with Gasteiger partial charge in [-0.15, -0.1) is 6.58 Å². The van der Waals surface area contributed by atoms with E-state index < -0.39 is 5.79 Å². The Morgan fingerprint density at radius 2 is 1.89 bits per heavy atom. The van der Waals surface area contributed by atoms with E-state index in [9.17, 15) is 0 Å². The number of benzene rings is 1. The fraction of sp³-hybridized carbons (Fsp3) is 0.467. The van der Waals surface area contributed by atoms with Gasteiger partial charge in [-0.25, -0.2) is 0 Å². The molecule has 3 nitrogen and oxygen atoms in total. The van der Waals surface area contributed by atoms with Crippen molar-refractivity contribution in [3.63, 3.8) is 0 Å². The first-order valence-electron chi connectivity index (χ1n) is 6.33. The van der Waals surface area contributed by atoms with Crippen molar-refractivity contribution >= 4 is 0 Å². The Balaban J connectivity index is 2.82. The summed E-state index contributed by atoms with van der Waals surface area (Å²) in [5.74, 6) is -0.0130. The summed E-state index contributed by atoms with van der Waals surface area (Å²) in [7, 11) is 0. The summed E-state index contributed by atoms with van der Waals surface area (Å²) < 4.78 is 17.2. The second kappa shape index (κ2) is 7.90. The Bertz CT molecular complexity index is 337. The van der Waals surface area contributed by atoms with Gasteiger partial charge in [-0.05, 0) is 26.0 Å². The van der Waals surface area contributed by atoms with Gasteiger partial charge in [0.1, 0.15) is 12.4 Å². The Morgan fingerprint density at radius 3 is 2.44 bits per heavy atom. The molecular formula is C15H22O3. The van der Waals surface area contributed by atoms with Crippen molar-refractivity contribution in [2.45, 2.75) is 26.1 Å². The van der Waals surface area contributed by atoms with Crippen molar-refractivity contribution in [2.75, 3.05) is 19.8 Å². The van der Waals surface area contributed by atoms with E-state index in [-0.39, 0.29) is 0 Å². The second-order valence-electron chi connectivity index (χ2n) is 3.89. The van der Waals surface area contributed by atoms with E-state index in [0.717, 1.165) is 5.75 Å². The molecule has 0 aliphatic carbocycles. The third kappa shape index (κ3) is 4.51. The zero-order chi connectivity index (χ0) is 13.3. The number of para-hydroxylation sites is 1. The molecule has 1 rings (SSSR count). The lowest BCUT2D eigenvalue weighted by Gasteiger charge is -2.32. The van der Waals surface area contributed by atoms with Crippen LogP contribution in [0.1, 0.15) is 20.3 Å². The van der Waals surface area contributed by atoms with Crippen LogP contribution in [0.2, 0.25) is 0 Å². The van der Waals surface area contributed by atoms with Crippen LogP contribution in [0.3, 0.4) is 0 Å². The third-order valence-corrected chi connectivity index (χ3v) is 2.44. The zero-order valence-electron chi connectivity index (χ0n) is 11.2. The van der Waals surface area contributed by atoms with Crippen molar-refractivity contribution in [1.82, 2.24) is 0 Å². The first-order chi connectivity index (χ1) is 8.76. The molecule has 0 saturated heterocycles. The maximum atomic E-state index is 5.97. The minimum atomic E-state index is -0.784. The number of ether oxygens (including phenoxy) is 3. The van der Waals surface area contributed by atoms with Gasteiger partial charge in [0.05, 0.1) is 0 Å². The van der Waals surface area contributed by atoms with E-state index in [0.29, 0.717) is 26.2 Å². The third-order valence-electron chi connectivity index (χ3n) is 2.44. The molecule has 0 aliphatic heterocycles. The van der Waals surface area contributed by atoms with Crippen LogP contribution in [-0.2, 0) is 9.47 Å². The van der Waals surface area contributed by atoms with E-state index in [1.54, 1.807) is 6.08 Å². The highest BCUT2D eigenvalue weighted by Crippen LogP contribution is 2.24. The Labute approximate surface area is 109 Å². The summed E-state index contributed by atoms with van der Waals surface area (Å²) in [5.41, 5.74) is 0. The monoisotopic (exact) mass is 250 g/mol. The summed E-state index contributed by atoms with van der Waals surface area (Å²) in [4.78, 5) is 0. The number of hydrogen-bond donors (Lipinski definition) is 0. The summed E-state index contributed by atoms with van der Waals surface area (Å²) in [5, 5.41) is 0. The molecule has 0 fully saturated rings. The van der Waals surface area contributed by atoms with Crippen LogP contribution in [-0.4, -0.2) is 25.6 Å². The standard InChI is InChI=1S/C15H22O3/c1-4-12-15(17-6-3,13-16-5-2)18-14-10-8-7-9-11-14/h4,7-11H,1,5-6,12-13H2,2-3H3. The van der Waals surface area contributed by atoms with Gasteiger partial charge in [0.2, 0.25) is 5.79 Å². The molecule has 1 atom stereocenters. The summed E-state index contributed by atoms with van der Waals surface area (Å²) in [6.45, 7) is 9.24. The molecule has 0 aromatic heterocycles. The first kappa shape index (κ1) is 14.7. The van der Waals surface area contributed by atoms with Gasteiger partial charge in [-0.2, -0.15) is 0 Å². The molecule has 1 aromatic carbocycles. The zero-order valence-corrected chi connectivity index (χ0v) is 11.2. The molecule has 1 aromatic rings. The second-order valence-corrected chi connectivity index (χ2v) is 3.89. The lowest BCUT2D eigenvalue weighted by Crippen LogP contribution is -2.43. The SMILES string of the molecule is C=CCC(COCC)(OCC)Oc1ccccc1. The van der Waals surface area contributed by atoms with Crippen LogP contribution in [0.5, 0.6) is 5.75 Å². The molecule has 3 heteroatoms. The van der Waals surface area contributed by atoms with E-state index in [1.165, 1.54) is 0 Å². The normalized spacial score (nSPS) is 13.9. The van der Waals surface area contributed by atoms with Crippen LogP contribution in [0.15, 0.2) is 43.0 Å². The van der Waals surface area contributed by atoms with Gasteiger partial charge in [-0.3, -0.25) is 0 Å². The van der Waals surface area contributed by atoms with Crippen molar-refractivity contribution in [3.8, 4) is 5.75 Å². The molecular weight excluding hydrogens is 228 g/mol. The molecule has 0 heterocycles. The Hall–Kier alpha value is -1.32. The quantitative estimate of drug-likeness (QED) is 0.496. The summed E-state index contributed by atoms with van der Waals surface area (Å²) >= 11 is 0. The van der Waals surface area contributed by atoms with Crippen LogP contribution < -0.4 is 4.74 Å². The molecule has 0 bridgehead atoms. The highest BCUT2D eigenvalue weighted by molar-refractivity contribution is 5.21. The van der Waals surface area contributed by atoms with Crippen LogP contribution in [0, 0.1) is 0 Å². The Morgan fingerprint density at radius 1 is 1.17 bits per heavy atom. The lowest BCUT2D eigenvalue weighted by molar-refractivity contribution is -0.209. The molecule has 0 aliphatic rings. The first-order valence-corrected chi connectivity index (χ1v) is 6.33. The maximum absolute atomic E-state index is 5.97. The number of hydrogen-bond acceptors (Lipinski definition) is 3. The van der Waals surface area contributed by atoms with Gasteiger partial charge >= 0.3 is 0 Å². The van der Waals surface area contributed by atoms with Crippen LogP contribution >= 0.6 is 0 Å². The van der Waals surface area contributed by atoms with E-state index in [1.807, 2.05) is 44.2 Å². The van der Waals surface area contributed by atoms with Crippen LogP contribution in [0.25, 0.3) is 0 Å². The van der Waals surface area contributed by atoms with Crippen molar-refractivity contribution in [2.24, 2.45) is 0 Å². The topological polar surface area (TPSA) is 27.7 Å². The molecule has 0 saturated carbocycles. The lowest BCUT2D eigenvalue weighted by atomic mass is 10.2. The Kier molecular flexibility index (Phi) is 6.47. The molecule has 1 unspecified atom stereocenters. The molecule has 0 amide bonds. The van der Waals surface area contributed by atoms with E-state index in [4.69, 9.17) is 14.2 Å². The summed E-state index contributed by atoms with van der Waals surface area (Å²) in [6.07, 6.45) is 2.37. The average Bonchev–Trinajstić information content (AvgIpc) is 2.38. The average molecular weight is 250 g/mol. The highest BCUT2D eigenvalue weighted by Gasteiger charge is 2.32. The smallest absolute Gasteiger partial charge is 0.237 e. The molecule has 0 N–H and O–H groups in total. The van der Waals surface area contributed by atoms with Crippen molar-refractivity contribution in [1.29, 1.82) is 0 Å². The van der Waals surface area contributed by atoms with Crippen LogP contribution in [0.4, 0.5) is 0 Å². The molecule has 0 spiro atoms. The van der Waals surface area contributed by atoms with Gasteiger partial charge in [0.25, 0.3) is 0 Å². The fourth-order valence-corrected chi connectivity index (χ4v) is 1.70. The minimum absolute atomic E-state index is 0.387. The predicted octanol–water partition coefficient (Wildman–Crippen LogP) is 3.41. The minimum Gasteiger partial charge on any atom is -0.459 e. The van der Waals surface area contributed by atoms with Crippen molar-refractivity contribution < 1.29 is 14.2 Å². The summed E-state index contributed by atoms with van der Waals surface area (Å²) in [6, 6.07) is 9.62. The maximum Gasteiger partial charge on any atom is 0.237 e. The molecule has 18 heavy (non-hydrogen) atoms. The highest BCUT2D eigenvalue weighted by atomic mass is 16.7. The van der Waals surface area contributed by atoms with Crippen molar-refractivity contribution in [3.05, 3.63) is 43.0 Å². The molecule has 100 valence electrons. The van der Waals surface area contributed by atoms with Gasteiger partial charge < -0.3 is 14.2 Å². The molecule has 0 radical (unpaired) electrons. The number of rotatable bonds is 9. The predicted molar refractivity (Wildman–Crippen MR) is 72.7 cm³/mol. The largest absolute Gasteiger partial charge is 0.459 e. The fourth-order valence-electron chi connectivity index (χ4n) is 1.70. The van der Waals surface area contributed by atoms with E-state index >= 15 is 0 Å².